The first-order chi connectivity index (χ1) is 16.2. The van der Waals surface area contributed by atoms with Gasteiger partial charge in [-0.05, 0) is 64.4 Å². The zero-order chi connectivity index (χ0) is 26.4. The maximum atomic E-state index is 13.6. The van der Waals surface area contributed by atoms with E-state index in [1.54, 1.807) is 38.1 Å². The maximum absolute atomic E-state index is 13.6. The normalized spacial score (nSPS) is 12.5. The van der Waals surface area contributed by atoms with Crippen LogP contribution in [0.4, 0.5) is 5.69 Å². The Labute approximate surface area is 216 Å². The molecular formula is C25H34BrN3O5S. The van der Waals surface area contributed by atoms with E-state index in [-0.39, 0.29) is 18.1 Å². The summed E-state index contributed by atoms with van der Waals surface area (Å²) in [6.45, 7) is 8.99. The van der Waals surface area contributed by atoms with Crippen LogP contribution in [0.25, 0.3) is 0 Å². The molecule has 2 amide bonds. The lowest BCUT2D eigenvalue weighted by molar-refractivity contribution is -0.140. The molecule has 0 unspecified atom stereocenters. The Bertz CT molecular complexity index is 1130. The predicted molar refractivity (Wildman–Crippen MR) is 142 cm³/mol. The summed E-state index contributed by atoms with van der Waals surface area (Å²) in [7, 11) is -3.84. The molecule has 0 aliphatic carbocycles. The van der Waals surface area contributed by atoms with Crippen molar-refractivity contribution < 1.29 is 22.7 Å². The van der Waals surface area contributed by atoms with Crippen LogP contribution in [-0.2, 0) is 26.2 Å². The number of carbonyl (C=O) groups excluding carboxylic acids is 2. The van der Waals surface area contributed by atoms with Crippen LogP contribution in [0.5, 0.6) is 5.75 Å². The van der Waals surface area contributed by atoms with Crippen LogP contribution in [0.3, 0.4) is 0 Å². The fourth-order valence-electron chi connectivity index (χ4n) is 3.38. The quantitative estimate of drug-likeness (QED) is 0.469. The average Bonchev–Trinajstić information content (AvgIpc) is 2.75. The molecule has 10 heteroatoms. The minimum atomic E-state index is -3.84. The van der Waals surface area contributed by atoms with Crippen molar-refractivity contribution in [2.75, 3.05) is 23.7 Å². The number of para-hydroxylation sites is 2. The van der Waals surface area contributed by atoms with E-state index >= 15 is 0 Å². The molecule has 2 aromatic rings. The minimum absolute atomic E-state index is 0.134. The average molecular weight is 569 g/mol. The van der Waals surface area contributed by atoms with Crippen LogP contribution in [-0.4, -0.2) is 56.1 Å². The van der Waals surface area contributed by atoms with Gasteiger partial charge in [-0.25, -0.2) is 8.42 Å². The molecule has 0 saturated heterocycles. The molecule has 1 N–H and O–H groups in total. The van der Waals surface area contributed by atoms with E-state index in [0.29, 0.717) is 12.4 Å². The first kappa shape index (κ1) is 28.6. The van der Waals surface area contributed by atoms with E-state index in [4.69, 9.17) is 4.74 Å². The number of anilines is 1. The molecule has 0 fully saturated rings. The number of carbonyl (C=O) groups is 2. The highest BCUT2D eigenvalue weighted by atomic mass is 79.9. The SMILES string of the molecule is CCOc1ccccc1N(CC(=O)N(Cc1ccc(Br)cc1)[C@@H](C)C(=O)NC(C)(C)C)S(C)(=O)=O. The van der Waals surface area contributed by atoms with Gasteiger partial charge >= 0.3 is 0 Å². The van der Waals surface area contributed by atoms with Gasteiger partial charge in [0.15, 0.2) is 0 Å². The monoisotopic (exact) mass is 567 g/mol. The summed E-state index contributed by atoms with van der Waals surface area (Å²) in [5, 5.41) is 2.90. The second-order valence-electron chi connectivity index (χ2n) is 9.23. The number of hydrogen-bond donors (Lipinski definition) is 1. The smallest absolute Gasteiger partial charge is 0.244 e. The van der Waals surface area contributed by atoms with Gasteiger partial charge in [0, 0.05) is 16.6 Å². The van der Waals surface area contributed by atoms with Crippen molar-refractivity contribution in [3.63, 3.8) is 0 Å². The summed E-state index contributed by atoms with van der Waals surface area (Å²) in [5.41, 5.74) is 0.575. The number of nitrogens with one attached hydrogen (secondary N) is 1. The molecule has 192 valence electrons. The van der Waals surface area contributed by atoms with Crippen molar-refractivity contribution in [3.8, 4) is 5.75 Å². The highest BCUT2D eigenvalue weighted by molar-refractivity contribution is 9.10. The Morgan fingerprint density at radius 2 is 1.69 bits per heavy atom. The Balaban J connectivity index is 2.44. The summed E-state index contributed by atoms with van der Waals surface area (Å²) in [4.78, 5) is 28.0. The Morgan fingerprint density at radius 3 is 2.23 bits per heavy atom. The van der Waals surface area contributed by atoms with Crippen molar-refractivity contribution in [1.29, 1.82) is 0 Å². The third-order valence-corrected chi connectivity index (χ3v) is 6.70. The lowest BCUT2D eigenvalue weighted by atomic mass is 10.1. The summed E-state index contributed by atoms with van der Waals surface area (Å²) >= 11 is 3.40. The molecule has 0 heterocycles. The van der Waals surface area contributed by atoms with Gasteiger partial charge in [-0.2, -0.15) is 0 Å². The summed E-state index contributed by atoms with van der Waals surface area (Å²) in [6.07, 6.45) is 1.04. The summed E-state index contributed by atoms with van der Waals surface area (Å²) in [6, 6.07) is 13.2. The van der Waals surface area contributed by atoms with E-state index in [9.17, 15) is 18.0 Å². The number of hydrogen-bond acceptors (Lipinski definition) is 5. The maximum Gasteiger partial charge on any atom is 0.244 e. The van der Waals surface area contributed by atoms with Gasteiger partial charge in [-0.15, -0.1) is 0 Å². The fraction of sp³-hybridized carbons (Fsp3) is 0.440. The van der Waals surface area contributed by atoms with Gasteiger partial charge in [0.2, 0.25) is 21.8 Å². The second kappa shape index (κ2) is 11.9. The largest absolute Gasteiger partial charge is 0.492 e. The van der Waals surface area contributed by atoms with Gasteiger partial charge < -0.3 is 15.0 Å². The standard InChI is InChI=1S/C25H34BrN3O5S/c1-7-34-22-11-9-8-10-21(22)29(35(6,32)33)17-23(30)28(16-19-12-14-20(26)15-13-19)18(2)24(31)27-25(3,4)5/h8-15,18H,7,16-17H2,1-6H3,(H,27,31)/t18-/m0/s1. The molecule has 0 radical (unpaired) electrons. The lowest BCUT2D eigenvalue weighted by Gasteiger charge is -2.33. The van der Waals surface area contributed by atoms with Crippen LogP contribution in [0.2, 0.25) is 0 Å². The Morgan fingerprint density at radius 1 is 1.09 bits per heavy atom. The van der Waals surface area contributed by atoms with Crippen LogP contribution >= 0.6 is 15.9 Å². The van der Waals surface area contributed by atoms with Gasteiger partial charge in [-0.3, -0.25) is 13.9 Å². The van der Waals surface area contributed by atoms with Crippen LogP contribution in [0.15, 0.2) is 53.0 Å². The molecule has 0 bridgehead atoms. The van der Waals surface area contributed by atoms with E-state index < -0.39 is 34.1 Å². The topological polar surface area (TPSA) is 96.0 Å². The van der Waals surface area contributed by atoms with Crippen molar-refractivity contribution in [1.82, 2.24) is 10.2 Å². The second-order valence-corrected chi connectivity index (χ2v) is 12.1. The first-order valence-electron chi connectivity index (χ1n) is 11.3. The summed E-state index contributed by atoms with van der Waals surface area (Å²) < 4.78 is 33.0. The Kier molecular flexibility index (Phi) is 9.74. The third-order valence-electron chi connectivity index (χ3n) is 5.04. The number of rotatable bonds is 10. The Hall–Kier alpha value is -2.59. The summed E-state index contributed by atoms with van der Waals surface area (Å²) in [5.74, 6) is -0.490. The van der Waals surface area contributed by atoms with Crippen molar-refractivity contribution in [2.45, 2.75) is 52.7 Å². The molecular weight excluding hydrogens is 534 g/mol. The fourth-order valence-corrected chi connectivity index (χ4v) is 4.50. The first-order valence-corrected chi connectivity index (χ1v) is 13.9. The molecule has 0 aliphatic heterocycles. The van der Waals surface area contributed by atoms with E-state index in [0.717, 1.165) is 20.6 Å². The van der Waals surface area contributed by atoms with Gasteiger partial charge in [0.05, 0.1) is 18.6 Å². The molecule has 2 aromatic carbocycles. The molecule has 0 aromatic heterocycles. The van der Waals surface area contributed by atoms with Gasteiger partial charge in [-0.1, -0.05) is 40.2 Å². The zero-order valence-corrected chi connectivity index (χ0v) is 23.4. The number of ether oxygens (including phenoxy) is 1. The molecule has 35 heavy (non-hydrogen) atoms. The highest BCUT2D eigenvalue weighted by Gasteiger charge is 2.32. The molecule has 0 aliphatic rings. The third kappa shape index (κ3) is 8.54. The molecule has 8 nitrogen and oxygen atoms in total. The van der Waals surface area contributed by atoms with Crippen LogP contribution in [0, 0.1) is 0 Å². The minimum Gasteiger partial charge on any atom is -0.492 e. The molecule has 1 atom stereocenters. The van der Waals surface area contributed by atoms with Crippen molar-refractivity contribution in [2.24, 2.45) is 0 Å². The zero-order valence-electron chi connectivity index (χ0n) is 21.0. The molecule has 2 rings (SSSR count). The van der Waals surface area contributed by atoms with Gasteiger partial charge in [0.1, 0.15) is 18.3 Å². The number of nitrogens with zero attached hydrogens (tertiary/aromatic N) is 2. The van der Waals surface area contributed by atoms with E-state index in [2.05, 4.69) is 21.2 Å². The number of halogens is 1. The molecule has 0 saturated carbocycles. The van der Waals surface area contributed by atoms with E-state index in [1.807, 2.05) is 45.0 Å². The van der Waals surface area contributed by atoms with Crippen molar-refractivity contribution in [3.05, 3.63) is 58.6 Å². The predicted octanol–water partition coefficient (Wildman–Crippen LogP) is 3.95. The van der Waals surface area contributed by atoms with Crippen LogP contribution < -0.4 is 14.4 Å². The number of sulfonamides is 1. The molecule has 0 spiro atoms. The van der Waals surface area contributed by atoms with Gasteiger partial charge in [0.25, 0.3) is 0 Å². The number of benzene rings is 2. The van der Waals surface area contributed by atoms with E-state index in [1.165, 1.54) is 4.90 Å². The lowest BCUT2D eigenvalue weighted by Crippen LogP contribution is -2.54. The van der Waals surface area contributed by atoms with Crippen LogP contribution in [0.1, 0.15) is 40.2 Å². The highest BCUT2D eigenvalue weighted by Crippen LogP contribution is 2.30. The van der Waals surface area contributed by atoms with Crippen molar-refractivity contribution >= 4 is 43.5 Å². The number of amides is 2.